The number of nitrogens with one attached hydrogen (secondary N) is 1. The van der Waals surface area contributed by atoms with E-state index in [0.717, 1.165) is 10.8 Å². The molecule has 0 aliphatic carbocycles. The minimum absolute atomic E-state index is 0.156. The fraction of sp³-hybridized carbons (Fsp3) is 0.353. The summed E-state index contributed by atoms with van der Waals surface area (Å²) in [7, 11) is -4.30. The normalized spacial score (nSPS) is 31.7. The number of aldehydes is 1. The van der Waals surface area contributed by atoms with Crippen LogP contribution in [0.15, 0.2) is 29.2 Å². The Morgan fingerprint density at radius 1 is 1.47 bits per heavy atom. The van der Waals surface area contributed by atoms with Gasteiger partial charge in [-0.1, -0.05) is 11.6 Å². The minimum atomic E-state index is -4.30. The average molecular weight is 509 g/mol. The SMILES string of the molecule is O=Cc1cn([C@@H]2O[C@](F)(COP3(=O)OCc4cc(Cl)ccc4O3)[C@@H](O)[C@H]2O)c(=S)[nH]c1=O. The number of H-pyrrole nitrogens is 1. The second-order valence-corrected chi connectivity index (χ2v) is 9.35. The summed E-state index contributed by atoms with van der Waals surface area (Å²) in [5.41, 5.74) is -0.673. The number of aliphatic hydroxyl groups excluding tert-OH is 2. The van der Waals surface area contributed by atoms with E-state index in [0.29, 0.717) is 10.6 Å². The molecule has 5 atom stereocenters. The molecule has 4 rings (SSSR count). The minimum Gasteiger partial charge on any atom is -0.404 e. The number of hydrogen-bond acceptors (Lipinski definition) is 10. The molecular weight excluding hydrogens is 494 g/mol. The van der Waals surface area contributed by atoms with Crippen molar-refractivity contribution < 1.29 is 42.3 Å². The highest BCUT2D eigenvalue weighted by Crippen LogP contribution is 2.56. The molecule has 2 aliphatic rings. The third kappa shape index (κ3) is 4.18. The first-order valence-electron chi connectivity index (χ1n) is 8.96. The number of hydrogen-bond donors (Lipinski definition) is 3. The van der Waals surface area contributed by atoms with Crippen molar-refractivity contribution in [3.8, 4) is 5.75 Å². The van der Waals surface area contributed by atoms with E-state index in [2.05, 4.69) is 4.98 Å². The quantitative estimate of drug-likeness (QED) is 0.311. The molecule has 0 bridgehead atoms. The van der Waals surface area contributed by atoms with Crippen LogP contribution in [0.25, 0.3) is 0 Å². The molecule has 0 spiro atoms. The van der Waals surface area contributed by atoms with Crippen LogP contribution in [0.5, 0.6) is 5.75 Å². The first kappa shape index (κ1) is 23.2. The molecule has 2 aliphatic heterocycles. The highest BCUT2D eigenvalue weighted by Gasteiger charge is 2.57. The number of ether oxygens (including phenoxy) is 1. The van der Waals surface area contributed by atoms with Crippen LogP contribution < -0.4 is 10.1 Å². The molecule has 0 saturated carbocycles. The van der Waals surface area contributed by atoms with Crippen LogP contribution in [-0.4, -0.2) is 50.7 Å². The van der Waals surface area contributed by atoms with Gasteiger partial charge in [-0.25, -0.2) is 8.96 Å². The van der Waals surface area contributed by atoms with E-state index in [-0.39, 0.29) is 29.0 Å². The van der Waals surface area contributed by atoms with E-state index in [1.54, 1.807) is 0 Å². The third-order valence-electron chi connectivity index (χ3n) is 4.80. The van der Waals surface area contributed by atoms with Gasteiger partial charge >= 0.3 is 7.82 Å². The fourth-order valence-electron chi connectivity index (χ4n) is 3.14. The maximum atomic E-state index is 15.4. The molecule has 0 radical (unpaired) electrons. The van der Waals surface area contributed by atoms with Crippen molar-refractivity contribution in [2.75, 3.05) is 6.61 Å². The molecule has 1 aromatic carbocycles. The second kappa shape index (κ2) is 8.43. The topological polar surface area (TPSA) is 149 Å². The lowest BCUT2D eigenvalue weighted by Crippen LogP contribution is -2.43. The number of halogens is 2. The van der Waals surface area contributed by atoms with E-state index in [1.165, 1.54) is 18.2 Å². The number of aromatic amines is 1. The zero-order chi connectivity index (χ0) is 23.3. The Balaban J connectivity index is 1.53. The third-order valence-corrected chi connectivity index (χ3v) is 6.66. The zero-order valence-corrected chi connectivity index (χ0v) is 18.3. The molecule has 1 fully saturated rings. The average Bonchev–Trinajstić information content (AvgIpc) is 2.97. The molecule has 1 saturated heterocycles. The first-order chi connectivity index (χ1) is 15.0. The molecule has 2 aromatic rings. The lowest BCUT2D eigenvalue weighted by molar-refractivity contribution is -0.205. The molecule has 3 heterocycles. The maximum Gasteiger partial charge on any atom is 0.530 e. The molecule has 32 heavy (non-hydrogen) atoms. The summed E-state index contributed by atoms with van der Waals surface area (Å²) in [5.74, 6) is -2.91. The predicted octanol–water partition coefficient (Wildman–Crippen LogP) is 2.02. The number of carbonyl (C=O) groups is 1. The summed E-state index contributed by atoms with van der Waals surface area (Å²) in [6.45, 7) is -1.35. The summed E-state index contributed by atoms with van der Waals surface area (Å²) >= 11 is 10.8. The van der Waals surface area contributed by atoms with Crippen LogP contribution >= 0.6 is 31.6 Å². The number of carbonyl (C=O) groups excluding carboxylic acids is 1. The molecular formula is C17H15ClFN2O9PS. The number of phosphoric ester groups is 1. The number of phosphoric acid groups is 1. The van der Waals surface area contributed by atoms with Crippen LogP contribution in [-0.2, 0) is 25.0 Å². The van der Waals surface area contributed by atoms with Gasteiger partial charge in [0.25, 0.3) is 11.4 Å². The van der Waals surface area contributed by atoms with Crippen molar-refractivity contribution in [2.24, 2.45) is 0 Å². The number of nitrogens with zero attached hydrogens (tertiary/aromatic N) is 1. The van der Waals surface area contributed by atoms with Gasteiger partial charge in [0.05, 0.1) is 12.2 Å². The van der Waals surface area contributed by atoms with Gasteiger partial charge in [0, 0.05) is 16.8 Å². The number of aliphatic hydroxyl groups is 2. The largest absolute Gasteiger partial charge is 0.530 e. The van der Waals surface area contributed by atoms with Gasteiger partial charge in [-0.05, 0) is 30.4 Å². The van der Waals surface area contributed by atoms with Crippen molar-refractivity contribution in [1.82, 2.24) is 9.55 Å². The van der Waals surface area contributed by atoms with Crippen molar-refractivity contribution in [3.05, 3.63) is 55.7 Å². The Hall–Kier alpha value is -1.96. The number of rotatable bonds is 5. The van der Waals surface area contributed by atoms with Gasteiger partial charge in [-0.3, -0.25) is 28.2 Å². The van der Waals surface area contributed by atoms with Crippen molar-refractivity contribution in [1.29, 1.82) is 0 Å². The van der Waals surface area contributed by atoms with E-state index in [1.807, 2.05) is 0 Å². The summed E-state index contributed by atoms with van der Waals surface area (Å²) in [6, 6.07) is 4.45. The number of aromatic nitrogens is 2. The molecule has 1 aromatic heterocycles. The van der Waals surface area contributed by atoms with Crippen LogP contribution in [0.2, 0.25) is 5.02 Å². The molecule has 1 unspecified atom stereocenters. The van der Waals surface area contributed by atoms with Gasteiger partial charge in [-0.15, -0.1) is 0 Å². The Kier molecular flexibility index (Phi) is 6.11. The first-order valence-corrected chi connectivity index (χ1v) is 11.2. The fourth-order valence-corrected chi connectivity index (χ4v) is 4.82. The van der Waals surface area contributed by atoms with Gasteiger partial charge < -0.3 is 19.5 Å². The van der Waals surface area contributed by atoms with E-state index < -0.39 is 44.3 Å². The molecule has 172 valence electrons. The molecule has 11 nitrogen and oxygen atoms in total. The van der Waals surface area contributed by atoms with E-state index in [4.69, 9.17) is 42.1 Å². The monoisotopic (exact) mass is 508 g/mol. The van der Waals surface area contributed by atoms with Crippen molar-refractivity contribution in [3.63, 3.8) is 0 Å². The Morgan fingerprint density at radius 2 is 2.22 bits per heavy atom. The number of fused-ring (bicyclic) bond motifs is 1. The Bertz CT molecular complexity index is 1240. The van der Waals surface area contributed by atoms with Crippen LogP contribution in [0.3, 0.4) is 0 Å². The van der Waals surface area contributed by atoms with E-state index in [9.17, 15) is 24.4 Å². The Morgan fingerprint density at radius 3 is 2.94 bits per heavy atom. The molecule has 15 heteroatoms. The van der Waals surface area contributed by atoms with Crippen molar-refractivity contribution in [2.45, 2.75) is 30.9 Å². The zero-order valence-electron chi connectivity index (χ0n) is 15.8. The highest BCUT2D eigenvalue weighted by molar-refractivity contribution is 7.71. The number of alkyl halides is 1. The van der Waals surface area contributed by atoms with Gasteiger partial charge in [-0.2, -0.15) is 0 Å². The van der Waals surface area contributed by atoms with Gasteiger partial charge in [0.1, 0.15) is 24.6 Å². The standard InChI is InChI=1S/C17H15ClFN2O9PS/c18-10-1-2-11-8(3-10)6-27-31(26,30-11)28-7-17(19)13(24)12(23)15(29-17)21-4-9(5-22)14(25)20-16(21)32/h1-5,12-13,15,23-24H,6-7H2,(H,20,25,32)/t12-,13+,15-,17-,31?/m1/s1. The second-order valence-electron chi connectivity index (χ2n) is 6.94. The summed E-state index contributed by atoms with van der Waals surface area (Å²) < 4.78 is 49.1. The lowest BCUT2D eigenvalue weighted by atomic mass is 10.1. The smallest absolute Gasteiger partial charge is 0.404 e. The van der Waals surface area contributed by atoms with Crippen LogP contribution in [0, 0.1) is 4.77 Å². The van der Waals surface area contributed by atoms with E-state index >= 15 is 4.39 Å². The van der Waals surface area contributed by atoms with Crippen LogP contribution in [0.1, 0.15) is 22.1 Å². The van der Waals surface area contributed by atoms with Gasteiger partial charge in [0.15, 0.2) is 17.3 Å². The summed E-state index contributed by atoms with van der Waals surface area (Å²) in [5, 5.41) is 20.9. The summed E-state index contributed by atoms with van der Waals surface area (Å²) in [6.07, 6.45) is -4.54. The molecule has 0 amide bonds. The van der Waals surface area contributed by atoms with Crippen LogP contribution in [0.4, 0.5) is 4.39 Å². The van der Waals surface area contributed by atoms with Crippen molar-refractivity contribution >= 4 is 37.9 Å². The molecule has 3 N–H and O–H groups in total. The predicted molar refractivity (Wildman–Crippen MR) is 108 cm³/mol. The van der Waals surface area contributed by atoms with Gasteiger partial charge in [0.2, 0.25) is 0 Å². The maximum absolute atomic E-state index is 15.4. The Labute approximate surface area is 188 Å². The number of benzene rings is 1. The lowest BCUT2D eigenvalue weighted by Gasteiger charge is -2.28. The highest BCUT2D eigenvalue weighted by atomic mass is 35.5. The summed E-state index contributed by atoms with van der Waals surface area (Å²) in [4.78, 5) is 24.8.